The summed E-state index contributed by atoms with van der Waals surface area (Å²) in [4.78, 5) is 23.3. The van der Waals surface area contributed by atoms with E-state index in [4.69, 9.17) is 0 Å². The van der Waals surface area contributed by atoms with E-state index in [1.54, 1.807) is 6.07 Å². The zero-order valence-electron chi connectivity index (χ0n) is 14.6. The summed E-state index contributed by atoms with van der Waals surface area (Å²) in [6.45, 7) is 2.89. The third kappa shape index (κ3) is 3.28. The van der Waals surface area contributed by atoms with Crippen LogP contribution in [-0.4, -0.2) is 22.4 Å². The first kappa shape index (κ1) is 16.3. The van der Waals surface area contributed by atoms with Gasteiger partial charge < -0.3 is 10.2 Å². The maximum absolute atomic E-state index is 12.6. The van der Waals surface area contributed by atoms with Gasteiger partial charge in [-0.25, -0.2) is 9.97 Å². The molecule has 1 aromatic heterocycles. The van der Waals surface area contributed by atoms with Crippen molar-refractivity contribution in [1.29, 1.82) is 0 Å². The van der Waals surface area contributed by atoms with E-state index >= 15 is 0 Å². The molecule has 0 atom stereocenters. The van der Waals surface area contributed by atoms with Gasteiger partial charge in [-0.3, -0.25) is 4.79 Å². The van der Waals surface area contributed by atoms with E-state index in [0.29, 0.717) is 5.69 Å². The minimum absolute atomic E-state index is 0.234. The fraction of sp³-hybridized carbons (Fsp3) is 0.190. The number of amides is 1. The van der Waals surface area contributed by atoms with Gasteiger partial charge in [-0.15, -0.1) is 0 Å². The highest BCUT2D eigenvalue weighted by molar-refractivity contribution is 6.03. The Balaban J connectivity index is 1.59. The summed E-state index contributed by atoms with van der Waals surface area (Å²) in [7, 11) is 0. The fourth-order valence-electron chi connectivity index (χ4n) is 3.22. The van der Waals surface area contributed by atoms with Crippen molar-refractivity contribution < 1.29 is 4.79 Å². The zero-order valence-corrected chi connectivity index (χ0v) is 14.6. The highest BCUT2D eigenvalue weighted by Gasteiger charge is 2.20. The standard InChI is InChI=1S/C21H20N4O/c1-15-8-10-17(11-9-15)24-21(26)18-13-20(23-14-22-18)25-12-4-6-16-5-2-3-7-19(16)25/h2-3,5,7-11,13-14H,4,6,12H2,1H3,(H,24,26). The predicted octanol–water partition coefficient (Wildman–Crippen LogP) is 4.12. The molecule has 0 fully saturated rings. The van der Waals surface area contributed by atoms with Crippen molar-refractivity contribution in [2.75, 3.05) is 16.8 Å². The molecule has 2 aromatic carbocycles. The molecule has 2 heterocycles. The number of nitrogens with one attached hydrogen (secondary N) is 1. The summed E-state index contributed by atoms with van der Waals surface area (Å²) in [5, 5.41) is 2.89. The Morgan fingerprint density at radius 2 is 1.88 bits per heavy atom. The first-order valence-corrected chi connectivity index (χ1v) is 8.76. The van der Waals surface area contributed by atoms with Gasteiger partial charge in [0.2, 0.25) is 0 Å². The van der Waals surface area contributed by atoms with E-state index in [2.05, 4.69) is 38.4 Å². The van der Waals surface area contributed by atoms with E-state index in [9.17, 15) is 4.79 Å². The molecule has 1 aliphatic rings. The monoisotopic (exact) mass is 344 g/mol. The number of para-hydroxylation sites is 1. The first-order valence-electron chi connectivity index (χ1n) is 8.76. The van der Waals surface area contributed by atoms with Gasteiger partial charge in [0.25, 0.3) is 5.91 Å². The minimum Gasteiger partial charge on any atom is -0.326 e. The third-order valence-electron chi connectivity index (χ3n) is 4.58. The zero-order chi connectivity index (χ0) is 17.9. The Morgan fingerprint density at radius 3 is 2.73 bits per heavy atom. The summed E-state index contributed by atoms with van der Waals surface area (Å²) < 4.78 is 0. The van der Waals surface area contributed by atoms with Gasteiger partial charge in [0.1, 0.15) is 17.8 Å². The number of anilines is 3. The number of carbonyl (C=O) groups is 1. The predicted molar refractivity (Wildman–Crippen MR) is 103 cm³/mol. The second kappa shape index (κ2) is 6.96. The molecule has 3 aromatic rings. The van der Waals surface area contributed by atoms with Gasteiger partial charge in [0, 0.05) is 24.0 Å². The topological polar surface area (TPSA) is 58.1 Å². The summed E-state index contributed by atoms with van der Waals surface area (Å²) in [5.74, 6) is 0.518. The normalized spacial score (nSPS) is 13.2. The van der Waals surface area contributed by atoms with Gasteiger partial charge in [-0.05, 0) is 43.5 Å². The van der Waals surface area contributed by atoms with Gasteiger partial charge in [-0.1, -0.05) is 35.9 Å². The molecule has 0 spiro atoms. The lowest BCUT2D eigenvalue weighted by atomic mass is 10.0. The van der Waals surface area contributed by atoms with Gasteiger partial charge in [-0.2, -0.15) is 0 Å². The molecule has 0 unspecified atom stereocenters. The molecule has 5 nitrogen and oxygen atoms in total. The molecule has 0 saturated carbocycles. The van der Waals surface area contributed by atoms with Crippen LogP contribution < -0.4 is 10.2 Å². The molecule has 0 saturated heterocycles. The first-order chi connectivity index (χ1) is 12.7. The molecular weight excluding hydrogens is 324 g/mol. The average molecular weight is 344 g/mol. The SMILES string of the molecule is Cc1ccc(NC(=O)c2cc(N3CCCc4ccccc43)ncn2)cc1. The maximum atomic E-state index is 12.6. The number of aromatic nitrogens is 2. The van der Waals surface area contributed by atoms with Gasteiger partial charge in [0.15, 0.2) is 0 Å². The number of hydrogen-bond donors (Lipinski definition) is 1. The van der Waals surface area contributed by atoms with Crippen LogP contribution in [0.25, 0.3) is 0 Å². The van der Waals surface area contributed by atoms with Gasteiger partial charge >= 0.3 is 0 Å². The van der Waals surface area contributed by atoms with Crippen LogP contribution in [0.15, 0.2) is 60.9 Å². The quantitative estimate of drug-likeness (QED) is 0.776. The van der Waals surface area contributed by atoms with Crippen molar-refractivity contribution in [2.24, 2.45) is 0 Å². The Hall–Kier alpha value is -3.21. The second-order valence-corrected chi connectivity index (χ2v) is 6.47. The highest BCUT2D eigenvalue weighted by Crippen LogP contribution is 2.32. The molecule has 1 aliphatic heterocycles. The van der Waals surface area contributed by atoms with Crippen molar-refractivity contribution in [1.82, 2.24) is 9.97 Å². The molecule has 0 bridgehead atoms. The average Bonchev–Trinajstić information content (AvgIpc) is 2.69. The second-order valence-electron chi connectivity index (χ2n) is 6.47. The van der Waals surface area contributed by atoms with E-state index in [1.807, 2.05) is 37.3 Å². The number of fused-ring (bicyclic) bond motifs is 1. The Bertz CT molecular complexity index is 937. The maximum Gasteiger partial charge on any atom is 0.274 e. The number of carbonyl (C=O) groups excluding carboxylic acids is 1. The minimum atomic E-state index is -0.234. The lowest BCUT2D eigenvalue weighted by Gasteiger charge is -2.30. The van der Waals surface area contributed by atoms with Gasteiger partial charge in [0.05, 0.1) is 0 Å². The molecule has 0 aliphatic carbocycles. The van der Waals surface area contributed by atoms with Crippen molar-refractivity contribution in [3.63, 3.8) is 0 Å². The van der Waals surface area contributed by atoms with E-state index < -0.39 is 0 Å². The summed E-state index contributed by atoms with van der Waals surface area (Å²) in [6, 6.07) is 17.8. The third-order valence-corrected chi connectivity index (χ3v) is 4.58. The molecular formula is C21H20N4O. The van der Waals surface area contributed by atoms with Crippen LogP contribution in [0.2, 0.25) is 0 Å². The van der Waals surface area contributed by atoms with Crippen LogP contribution >= 0.6 is 0 Å². The Kier molecular flexibility index (Phi) is 4.35. The van der Waals surface area contributed by atoms with Crippen LogP contribution in [0.4, 0.5) is 17.2 Å². The van der Waals surface area contributed by atoms with Crippen LogP contribution in [0, 0.1) is 6.92 Å². The Labute approximate surface area is 152 Å². The van der Waals surface area contributed by atoms with Crippen LogP contribution in [-0.2, 0) is 6.42 Å². The lowest BCUT2D eigenvalue weighted by molar-refractivity contribution is 0.102. The van der Waals surface area contributed by atoms with Crippen molar-refractivity contribution in [3.05, 3.63) is 77.7 Å². The molecule has 1 N–H and O–H groups in total. The van der Waals surface area contributed by atoms with Crippen LogP contribution in [0.3, 0.4) is 0 Å². The number of benzene rings is 2. The van der Waals surface area contributed by atoms with E-state index in [-0.39, 0.29) is 5.91 Å². The Morgan fingerprint density at radius 1 is 1.08 bits per heavy atom. The molecule has 26 heavy (non-hydrogen) atoms. The van der Waals surface area contributed by atoms with Crippen molar-refractivity contribution in [2.45, 2.75) is 19.8 Å². The molecule has 5 heteroatoms. The summed E-state index contributed by atoms with van der Waals surface area (Å²) in [5.41, 5.74) is 4.73. The molecule has 1 amide bonds. The summed E-state index contributed by atoms with van der Waals surface area (Å²) in [6.07, 6.45) is 3.58. The highest BCUT2D eigenvalue weighted by atomic mass is 16.1. The number of nitrogens with zero attached hydrogens (tertiary/aromatic N) is 3. The molecule has 4 rings (SSSR count). The number of aryl methyl sites for hydroxylation is 2. The largest absolute Gasteiger partial charge is 0.326 e. The number of rotatable bonds is 3. The smallest absolute Gasteiger partial charge is 0.274 e. The lowest BCUT2D eigenvalue weighted by Crippen LogP contribution is -2.26. The number of hydrogen-bond acceptors (Lipinski definition) is 4. The fourth-order valence-corrected chi connectivity index (χ4v) is 3.22. The molecule has 0 radical (unpaired) electrons. The van der Waals surface area contributed by atoms with E-state index in [0.717, 1.165) is 42.1 Å². The van der Waals surface area contributed by atoms with E-state index in [1.165, 1.54) is 11.9 Å². The molecule has 130 valence electrons. The van der Waals surface area contributed by atoms with Crippen molar-refractivity contribution in [3.8, 4) is 0 Å². The van der Waals surface area contributed by atoms with Crippen LogP contribution in [0.1, 0.15) is 28.0 Å². The van der Waals surface area contributed by atoms with Crippen molar-refractivity contribution >= 4 is 23.1 Å². The van der Waals surface area contributed by atoms with Crippen LogP contribution in [0.5, 0.6) is 0 Å². The summed E-state index contributed by atoms with van der Waals surface area (Å²) >= 11 is 0.